The summed E-state index contributed by atoms with van der Waals surface area (Å²) in [6.45, 7) is 5.11. The first kappa shape index (κ1) is 15.4. The van der Waals surface area contributed by atoms with Crippen LogP contribution in [0.15, 0.2) is 0 Å². The van der Waals surface area contributed by atoms with E-state index in [0.29, 0.717) is 19.7 Å². The Morgan fingerprint density at radius 3 is 2.59 bits per heavy atom. The Labute approximate surface area is 102 Å². The molecule has 0 rings (SSSR count). The Morgan fingerprint density at radius 1 is 1.35 bits per heavy atom. The smallest absolute Gasteiger partial charge is 0.320 e. The average molecular weight is 241 g/mol. The van der Waals surface area contributed by atoms with Gasteiger partial charge in [0.2, 0.25) is 5.91 Å². The van der Waals surface area contributed by atoms with Gasteiger partial charge in [-0.05, 0) is 13.5 Å². The molecule has 0 saturated heterocycles. The summed E-state index contributed by atoms with van der Waals surface area (Å²) < 4.78 is 4.80. The summed E-state index contributed by atoms with van der Waals surface area (Å²) in [4.78, 5) is 24.3. The van der Waals surface area contributed by atoms with Crippen molar-refractivity contribution in [3.05, 3.63) is 0 Å². The molecular weight excluding hydrogens is 222 g/mol. The molecule has 1 N–H and O–H groups in total. The Bertz CT molecular complexity index is 286. The van der Waals surface area contributed by atoms with Crippen molar-refractivity contribution in [1.82, 2.24) is 10.2 Å². The lowest BCUT2D eigenvalue weighted by Gasteiger charge is -2.18. The molecule has 0 heterocycles. The third-order valence-corrected chi connectivity index (χ3v) is 2.03. The van der Waals surface area contributed by atoms with Gasteiger partial charge in [0.25, 0.3) is 0 Å². The van der Waals surface area contributed by atoms with Gasteiger partial charge in [-0.25, -0.2) is 0 Å². The number of nitriles is 1. The van der Waals surface area contributed by atoms with Crippen LogP contribution in [-0.2, 0) is 14.3 Å². The van der Waals surface area contributed by atoms with E-state index in [1.54, 1.807) is 11.8 Å². The van der Waals surface area contributed by atoms with Crippen LogP contribution < -0.4 is 5.32 Å². The lowest BCUT2D eigenvalue weighted by atomic mass is 10.4. The van der Waals surface area contributed by atoms with Crippen molar-refractivity contribution in [2.24, 2.45) is 0 Å². The number of carbonyl (C=O) groups excluding carboxylic acids is 2. The van der Waals surface area contributed by atoms with Gasteiger partial charge in [0.1, 0.15) is 0 Å². The second-order valence-electron chi connectivity index (χ2n) is 3.37. The summed E-state index contributed by atoms with van der Waals surface area (Å²) in [5.41, 5.74) is 0. The van der Waals surface area contributed by atoms with Crippen LogP contribution >= 0.6 is 0 Å². The minimum Gasteiger partial charge on any atom is -0.465 e. The van der Waals surface area contributed by atoms with E-state index >= 15 is 0 Å². The first-order valence-electron chi connectivity index (χ1n) is 5.65. The van der Waals surface area contributed by atoms with E-state index in [2.05, 4.69) is 5.32 Å². The van der Waals surface area contributed by atoms with Gasteiger partial charge in [-0.2, -0.15) is 5.26 Å². The summed E-state index contributed by atoms with van der Waals surface area (Å²) in [6.07, 6.45) is 0.287. The Kier molecular flexibility index (Phi) is 8.69. The third kappa shape index (κ3) is 8.22. The molecule has 1 amide bonds. The quantitative estimate of drug-likeness (QED) is 0.474. The molecule has 0 fully saturated rings. The number of hydrogen-bond acceptors (Lipinski definition) is 5. The molecule has 0 aromatic heterocycles. The molecule has 6 heteroatoms. The molecule has 0 spiro atoms. The number of carbonyl (C=O) groups is 2. The minimum atomic E-state index is -0.334. The number of nitrogens with zero attached hydrogens (tertiary/aromatic N) is 2. The molecule has 0 radical (unpaired) electrons. The molecular formula is C11H19N3O3. The van der Waals surface area contributed by atoms with Crippen molar-refractivity contribution < 1.29 is 14.3 Å². The topological polar surface area (TPSA) is 82.4 Å². The van der Waals surface area contributed by atoms with E-state index in [0.717, 1.165) is 0 Å². The predicted octanol–water partition coefficient (Wildman–Crippen LogP) is -0.0987. The van der Waals surface area contributed by atoms with Gasteiger partial charge in [-0.15, -0.1) is 0 Å². The molecule has 17 heavy (non-hydrogen) atoms. The van der Waals surface area contributed by atoms with Crippen molar-refractivity contribution in [3.63, 3.8) is 0 Å². The molecule has 0 aliphatic heterocycles. The molecule has 0 saturated carbocycles. The molecule has 0 aromatic rings. The van der Waals surface area contributed by atoms with Gasteiger partial charge < -0.3 is 10.1 Å². The minimum absolute atomic E-state index is 0.107. The van der Waals surface area contributed by atoms with Gasteiger partial charge in [0.05, 0.1) is 32.2 Å². The average Bonchev–Trinajstić information content (AvgIpc) is 2.28. The zero-order valence-electron chi connectivity index (χ0n) is 10.4. The standard InChI is InChI=1S/C11H19N3O3/c1-3-14(9-11(16)17-4-2)8-10(15)13-7-5-6-12/h3-5,7-9H2,1-2H3,(H,13,15). The van der Waals surface area contributed by atoms with Crippen LogP contribution in [0.2, 0.25) is 0 Å². The van der Waals surface area contributed by atoms with Crippen LogP contribution in [0.4, 0.5) is 0 Å². The van der Waals surface area contributed by atoms with Crippen LogP contribution in [0.25, 0.3) is 0 Å². The van der Waals surface area contributed by atoms with Crippen LogP contribution in [0.1, 0.15) is 20.3 Å². The Morgan fingerprint density at radius 2 is 2.06 bits per heavy atom. The summed E-state index contributed by atoms with van der Waals surface area (Å²) in [6, 6.07) is 1.94. The maximum absolute atomic E-state index is 11.4. The molecule has 0 atom stereocenters. The van der Waals surface area contributed by atoms with Crippen molar-refractivity contribution in [2.75, 3.05) is 32.8 Å². The van der Waals surface area contributed by atoms with E-state index in [1.165, 1.54) is 0 Å². The third-order valence-electron chi connectivity index (χ3n) is 2.03. The highest BCUT2D eigenvalue weighted by Crippen LogP contribution is 1.90. The fourth-order valence-electron chi connectivity index (χ4n) is 1.19. The van der Waals surface area contributed by atoms with Gasteiger partial charge in [-0.1, -0.05) is 6.92 Å². The number of amides is 1. The van der Waals surface area contributed by atoms with E-state index in [-0.39, 0.29) is 31.4 Å². The highest BCUT2D eigenvalue weighted by atomic mass is 16.5. The van der Waals surface area contributed by atoms with Crippen LogP contribution in [0.3, 0.4) is 0 Å². The lowest BCUT2D eigenvalue weighted by Crippen LogP contribution is -2.40. The maximum Gasteiger partial charge on any atom is 0.320 e. The van der Waals surface area contributed by atoms with Crippen molar-refractivity contribution in [2.45, 2.75) is 20.3 Å². The van der Waals surface area contributed by atoms with Gasteiger partial charge in [0, 0.05) is 6.54 Å². The number of rotatable bonds is 8. The largest absolute Gasteiger partial charge is 0.465 e. The number of nitrogens with one attached hydrogen (secondary N) is 1. The molecule has 0 aliphatic rings. The van der Waals surface area contributed by atoms with E-state index < -0.39 is 0 Å². The maximum atomic E-state index is 11.4. The zero-order chi connectivity index (χ0) is 13.1. The number of hydrogen-bond donors (Lipinski definition) is 1. The normalized spacial score (nSPS) is 9.76. The van der Waals surface area contributed by atoms with Crippen molar-refractivity contribution in [3.8, 4) is 6.07 Å². The lowest BCUT2D eigenvalue weighted by molar-refractivity contribution is -0.144. The zero-order valence-corrected chi connectivity index (χ0v) is 10.4. The highest BCUT2D eigenvalue weighted by Gasteiger charge is 2.13. The summed E-state index contributed by atoms with van der Waals surface area (Å²) >= 11 is 0. The summed E-state index contributed by atoms with van der Waals surface area (Å²) in [5, 5.41) is 10.9. The second kappa shape index (κ2) is 9.60. The van der Waals surface area contributed by atoms with Gasteiger partial charge in [-0.3, -0.25) is 14.5 Å². The molecule has 0 unspecified atom stereocenters. The van der Waals surface area contributed by atoms with E-state index in [9.17, 15) is 9.59 Å². The van der Waals surface area contributed by atoms with Gasteiger partial charge in [0.15, 0.2) is 0 Å². The first-order valence-corrected chi connectivity index (χ1v) is 5.65. The molecule has 0 aromatic carbocycles. The summed E-state index contributed by atoms with van der Waals surface area (Å²) in [7, 11) is 0. The van der Waals surface area contributed by atoms with Crippen molar-refractivity contribution in [1.29, 1.82) is 5.26 Å². The molecule has 0 aliphatic carbocycles. The SMILES string of the molecule is CCOC(=O)CN(CC)CC(=O)NCCC#N. The molecule has 96 valence electrons. The molecule has 0 bridgehead atoms. The Balaban J connectivity index is 3.91. The predicted molar refractivity (Wildman–Crippen MR) is 62.0 cm³/mol. The summed E-state index contributed by atoms with van der Waals surface area (Å²) in [5.74, 6) is -0.523. The molecule has 6 nitrogen and oxygen atoms in total. The first-order chi connectivity index (χ1) is 8.13. The van der Waals surface area contributed by atoms with Crippen LogP contribution in [0, 0.1) is 11.3 Å². The number of ether oxygens (including phenoxy) is 1. The van der Waals surface area contributed by atoms with Crippen LogP contribution in [-0.4, -0.2) is 49.6 Å². The fourth-order valence-corrected chi connectivity index (χ4v) is 1.19. The van der Waals surface area contributed by atoms with E-state index in [4.69, 9.17) is 10.00 Å². The van der Waals surface area contributed by atoms with E-state index in [1.807, 2.05) is 13.0 Å². The highest BCUT2D eigenvalue weighted by molar-refractivity contribution is 5.79. The Hall–Kier alpha value is -1.61. The van der Waals surface area contributed by atoms with Crippen molar-refractivity contribution >= 4 is 11.9 Å². The number of esters is 1. The fraction of sp³-hybridized carbons (Fsp3) is 0.727. The van der Waals surface area contributed by atoms with Gasteiger partial charge >= 0.3 is 5.97 Å². The van der Waals surface area contributed by atoms with Crippen LogP contribution in [0.5, 0.6) is 0 Å². The monoisotopic (exact) mass is 241 g/mol. The number of likely N-dealkylation sites (N-methyl/N-ethyl adjacent to an activating group) is 1. The second-order valence-corrected chi connectivity index (χ2v) is 3.37.